The number of amides is 1. The summed E-state index contributed by atoms with van der Waals surface area (Å²) in [6.07, 6.45) is 0. The Balaban J connectivity index is 2.24. The second-order valence-corrected chi connectivity index (χ2v) is 5.29. The molecule has 2 nitrogen and oxygen atoms in total. The van der Waals surface area contributed by atoms with E-state index in [-0.39, 0.29) is 5.91 Å². The van der Waals surface area contributed by atoms with Crippen molar-refractivity contribution in [3.05, 3.63) is 62.6 Å². The number of halogens is 3. The summed E-state index contributed by atoms with van der Waals surface area (Å²) in [6.45, 7) is 1.96. The summed E-state index contributed by atoms with van der Waals surface area (Å²) < 4.78 is 0. The molecule has 0 fully saturated rings. The standard InChI is InChI=1S/C14H10Cl3NO/c1-8-2-4-9(5-3-8)14(19)18-13-7-11(16)10(15)6-12(13)17/h2-7H,1H3,(H,18,19). The lowest BCUT2D eigenvalue weighted by molar-refractivity contribution is 0.102. The zero-order valence-corrected chi connectivity index (χ0v) is 12.3. The second-order valence-electron chi connectivity index (χ2n) is 4.07. The number of aryl methyl sites for hydroxylation is 1. The van der Waals surface area contributed by atoms with Gasteiger partial charge in [0.15, 0.2) is 0 Å². The summed E-state index contributed by atoms with van der Waals surface area (Å²) in [5.74, 6) is -0.250. The summed E-state index contributed by atoms with van der Waals surface area (Å²) in [6, 6.07) is 10.2. The van der Waals surface area contributed by atoms with Crippen LogP contribution in [0.5, 0.6) is 0 Å². The summed E-state index contributed by atoms with van der Waals surface area (Å²) in [5.41, 5.74) is 2.07. The first-order valence-corrected chi connectivity index (χ1v) is 6.63. The molecule has 0 aliphatic carbocycles. The number of benzene rings is 2. The molecule has 98 valence electrons. The van der Waals surface area contributed by atoms with Gasteiger partial charge in [0.2, 0.25) is 0 Å². The van der Waals surface area contributed by atoms with Crippen molar-refractivity contribution < 1.29 is 4.79 Å². The molecule has 0 bridgehead atoms. The average molecular weight is 315 g/mol. The first-order valence-electron chi connectivity index (χ1n) is 5.50. The van der Waals surface area contributed by atoms with Gasteiger partial charge < -0.3 is 5.32 Å². The molecule has 5 heteroatoms. The van der Waals surface area contributed by atoms with Gasteiger partial charge in [0.25, 0.3) is 5.91 Å². The maximum Gasteiger partial charge on any atom is 0.255 e. The van der Waals surface area contributed by atoms with Gasteiger partial charge in [-0.1, -0.05) is 52.5 Å². The molecule has 2 rings (SSSR count). The highest BCUT2D eigenvalue weighted by molar-refractivity contribution is 6.44. The first kappa shape index (κ1) is 14.2. The van der Waals surface area contributed by atoms with Gasteiger partial charge in [0.1, 0.15) is 0 Å². The number of hydrogen-bond acceptors (Lipinski definition) is 1. The molecule has 0 heterocycles. The zero-order chi connectivity index (χ0) is 14.0. The lowest BCUT2D eigenvalue weighted by Crippen LogP contribution is -2.12. The van der Waals surface area contributed by atoms with E-state index in [1.54, 1.807) is 12.1 Å². The van der Waals surface area contributed by atoms with Gasteiger partial charge in [-0.25, -0.2) is 0 Å². The molecule has 2 aromatic carbocycles. The van der Waals surface area contributed by atoms with Crippen LogP contribution in [0.4, 0.5) is 5.69 Å². The average Bonchev–Trinajstić information content (AvgIpc) is 2.36. The van der Waals surface area contributed by atoms with Gasteiger partial charge >= 0.3 is 0 Å². The summed E-state index contributed by atoms with van der Waals surface area (Å²) in [4.78, 5) is 12.0. The van der Waals surface area contributed by atoms with Crippen LogP contribution in [0.2, 0.25) is 15.1 Å². The van der Waals surface area contributed by atoms with Crippen molar-refractivity contribution >= 4 is 46.4 Å². The molecule has 0 radical (unpaired) electrons. The van der Waals surface area contributed by atoms with E-state index >= 15 is 0 Å². The summed E-state index contributed by atoms with van der Waals surface area (Å²) >= 11 is 17.7. The Hall–Kier alpha value is -1.22. The predicted octanol–water partition coefficient (Wildman–Crippen LogP) is 5.21. The van der Waals surface area contributed by atoms with E-state index in [1.165, 1.54) is 12.1 Å². The Morgan fingerprint density at radius 2 is 1.53 bits per heavy atom. The van der Waals surface area contributed by atoms with Crippen molar-refractivity contribution in [2.45, 2.75) is 6.92 Å². The van der Waals surface area contributed by atoms with Crippen molar-refractivity contribution in [1.82, 2.24) is 0 Å². The highest BCUT2D eigenvalue weighted by Crippen LogP contribution is 2.32. The zero-order valence-electron chi connectivity index (χ0n) is 10.0. The normalized spacial score (nSPS) is 10.3. The smallest absolute Gasteiger partial charge is 0.255 e. The summed E-state index contributed by atoms with van der Waals surface area (Å²) in [7, 11) is 0. The topological polar surface area (TPSA) is 29.1 Å². The molecule has 1 N–H and O–H groups in total. The third-order valence-corrected chi connectivity index (χ3v) is 3.61. The van der Waals surface area contributed by atoms with Crippen LogP contribution in [-0.4, -0.2) is 5.91 Å². The SMILES string of the molecule is Cc1ccc(C(=O)Nc2cc(Cl)c(Cl)cc2Cl)cc1. The monoisotopic (exact) mass is 313 g/mol. The predicted molar refractivity (Wildman–Crippen MR) is 80.6 cm³/mol. The number of anilines is 1. The molecule has 0 atom stereocenters. The van der Waals surface area contributed by atoms with E-state index in [4.69, 9.17) is 34.8 Å². The van der Waals surface area contributed by atoms with Crippen molar-refractivity contribution in [1.29, 1.82) is 0 Å². The van der Waals surface area contributed by atoms with Gasteiger partial charge in [-0.3, -0.25) is 4.79 Å². The lowest BCUT2D eigenvalue weighted by Gasteiger charge is -2.09. The van der Waals surface area contributed by atoms with Crippen LogP contribution in [0.25, 0.3) is 0 Å². The summed E-state index contributed by atoms with van der Waals surface area (Å²) in [5, 5.41) is 3.73. The molecule has 19 heavy (non-hydrogen) atoms. The maximum absolute atomic E-state index is 12.0. The van der Waals surface area contributed by atoms with Gasteiger partial charge in [0, 0.05) is 5.56 Å². The Bertz CT molecular complexity index is 623. The third-order valence-electron chi connectivity index (χ3n) is 2.57. The van der Waals surface area contributed by atoms with Crippen molar-refractivity contribution in [3.63, 3.8) is 0 Å². The van der Waals surface area contributed by atoms with E-state index in [0.717, 1.165) is 5.56 Å². The largest absolute Gasteiger partial charge is 0.321 e. The Labute approximate surface area is 126 Å². The second kappa shape index (κ2) is 5.83. The van der Waals surface area contributed by atoms with Crippen LogP contribution in [0, 0.1) is 6.92 Å². The quantitative estimate of drug-likeness (QED) is 0.758. The minimum Gasteiger partial charge on any atom is -0.321 e. The van der Waals surface area contributed by atoms with Gasteiger partial charge in [-0.2, -0.15) is 0 Å². The molecule has 0 aromatic heterocycles. The van der Waals surface area contributed by atoms with Crippen LogP contribution < -0.4 is 5.32 Å². The fourth-order valence-electron chi connectivity index (χ4n) is 1.52. The Morgan fingerprint density at radius 3 is 2.16 bits per heavy atom. The number of rotatable bonds is 2. The van der Waals surface area contributed by atoms with E-state index in [2.05, 4.69) is 5.32 Å². The Morgan fingerprint density at radius 1 is 0.947 bits per heavy atom. The maximum atomic E-state index is 12.0. The molecule has 0 saturated heterocycles. The van der Waals surface area contributed by atoms with Gasteiger partial charge in [-0.15, -0.1) is 0 Å². The number of carbonyl (C=O) groups excluding carboxylic acids is 1. The highest BCUT2D eigenvalue weighted by atomic mass is 35.5. The van der Waals surface area contributed by atoms with E-state index in [0.29, 0.717) is 26.3 Å². The number of carbonyl (C=O) groups is 1. The Kier molecular flexibility index (Phi) is 4.35. The minimum atomic E-state index is -0.250. The fourth-order valence-corrected chi connectivity index (χ4v) is 2.11. The van der Waals surface area contributed by atoms with Crippen LogP contribution in [0.15, 0.2) is 36.4 Å². The number of nitrogens with one attached hydrogen (secondary N) is 1. The molecule has 0 unspecified atom stereocenters. The van der Waals surface area contributed by atoms with Crippen LogP contribution in [-0.2, 0) is 0 Å². The lowest BCUT2D eigenvalue weighted by atomic mass is 10.1. The molecule has 0 saturated carbocycles. The van der Waals surface area contributed by atoms with E-state index in [9.17, 15) is 4.79 Å². The molecular weight excluding hydrogens is 305 g/mol. The van der Waals surface area contributed by atoms with Crippen LogP contribution in [0.1, 0.15) is 15.9 Å². The van der Waals surface area contributed by atoms with Crippen molar-refractivity contribution in [3.8, 4) is 0 Å². The molecular formula is C14H10Cl3NO. The highest BCUT2D eigenvalue weighted by Gasteiger charge is 2.10. The van der Waals surface area contributed by atoms with Crippen LogP contribution >= 0.6 is 34.8 Å². The minimum absolute atomic E-state index is 0.250. The van der Waals surface area contributed by atoms with Gasteiger partial charge in [0.05, 0.1) is 20.8 Å². The molecule has 0 aliphatic rings. The molecule has 2 aromatic rings. The van der Waals surface area contributed by atoms with Gasteiger partial charge in [-0.05, 0) is 31.2 Å². The first-order chi connectivity index (χ1) is 8.97. The molecule has 0 aliphatic heterocycles. The number of hydrogen-bond donors (Lipinski definition) is 1. The molecule has 0 spiro atoms. The van der Waals surface area contributed by atoms with E-state index < -0.39 is 0 Å². The van der Waals surface area contributed by atoms with Crippen LogP contribution in [0.3, 0.4) is 0 Å². The van der Waals surface area contributed by atoms with Crippen molar-refractivity contribution in [2.24, 2.45) is 0 Å². The third kappa shape index (κ3) is 3.41. The molecule has 1 amide bonds. The van der Waals surface area contributed by atoms with Crippen molar-refractivity contribution in [2.75, 3.05) is 5.32 Å². The fraction of sp³-hybridized carbons (Fsp3) is 0.0714. The van der Waals surface area contributed by atoms with E-state index in [1.807, 2.05) is 19.1 Å².